The molecule has 66 valence electrons. The molecule has 0 unspecified atom stereocenters. The Morgan fingerprint density at radius 1 is 1.50 bits per heavy atom. The summed E-state index contributed by atoms with van der Waals surface area (Å²) in [5.74, 6) is 0.264. The van der Waals surface area contributed by atoms with Crippen molar-refractivity contribution in [3.63, 3.8) is 0 Å². The van der Waals surface area contributed by atoms with Gasteiger partial charge in [0.1, 0.15) is 5.82 Å². The summed E-state index contributed by atoms with van der Waals surface area (Å²) < 4.78 is 1.54. The molecule has 0 aliphatic rings. The molecule has 0 aliphatic heterocycles. The molecule has 0 atom stereocenters. The number of nitrogen functional groups attached to an aromatic ring is 1. The third-order valence-corrected chi connectivity index (χ3v) is 1.55. The van der Waals surface area contributed by atoms with Gasteiger partial charge in [-0.3, -0.25) is 4.57 Å². The number of hydrogen-bond acceptors (Lipinski definition) is 3. The molecule has 1 aromatic heterocycles. The molecule has 4 heteroatoms. The maximum Gasteiger partial charge on any atom is 0.349 e. The summed E-state index contributed by atoms with van der Waals surface area (Å²) in [6, 6.07) is 1.62. The molecule has 0 radical (unpaired) electrons. The summed E-state index contributed by atoms with van der Waals surface area (Å²) in [7, 11) is 0. The highest BCUT2D eigenvalue weighted by Crippen LogP contribution is 2.09. The molecule has 0 amide bonds. The minimum atomic E-state index is -0.303. The molecule has 1 heterocycles. The highest BCUT2D eigenvalue weighted by atomic mass is 16.1. The second-order valence-corrected chi connectivity index (χ2v) is 3.68. The van der Waals surface area contributed by atoms with Crippen molar-refractivity contribution >= 4 is 5.82 Å². The van der Waals surface area contributed by atoms with Crippen LogP contribution in [0, 0.1) is 0 Å². The van der Waals surface area contributed by atoms with E-state index >= 15 is 0 Å². The molecule has 0 spiro atoms. The van der Waals surface area contributed by atoms with Gasteiger partial charge in [-0.05, 0) is 26.8 Å². The molecule has 0 bridgehead atoms. The van der Waals surface area contributed by atoms with Crippen molar-refractivity contribution < 1.29 is 0 Å². The average Bonchev–Trinajstić information content (AvgIpc) is 1.83. The predicted molar refractivity (Wildman–Crippen MR) is 47.9 cm³/mol. The molecule has 4 nitrogen and oxygen atoms in total. The summed E-state index contributed by atoms with van der Waals surface area (Å²) in [6.07, 6.45) is 1.66. The van der Waals surface area contributed by atoms with Crippen LogP contribution in [-0.2, 0) is 5.54 Å². The van der Waals surface area contributed by atoms with Gasteiger partial charge in [-0.2, -0.15) is 4.98 Å². The zero-order chi connectivity index (χ0) is 9.35. The van der Waals surface area contributed by atoms with E-state index in [-0.39, 0.29) is 17.0 Å². The minimum Gasteiger partial charge on any atom is -0.383 e. The predicted octanol–water partition coefficient (Wildman–Crippen LogP) is 0.581. The lowest BCUT2D eigenvalue weighted by Crippen LogP contribution is -2.35. The Morgan fingerprint density at radius 2 is 2.08 bits per heavy atom. The highest BCUT2D eigenvalue weighted by molar-refractivity contribution is 5.23. The minimum absolute atomic E-state index is 0.238. The smallest absolute Gasteiger partial charge is 0.349 e. The lowest BCUT2D eigenvalue weighted by Gasteiger charge is -2.21. The topological polar surface area (TPSA) is 60.9 Å². The van der Waals surface area contributed by atoms with Crippen molar-refractivity contribution in [1.29, 1.82) is 0 Å². The van der Waals surface area contributed by atoms with Gasteiger partial charge in [0, 0.05) is 11.7 Å². The first-order valence-corrected chi connectivity index (χ1v) is 3.77. The molecular weight excluding hydrogens is 154 g/mol. The van der Waals surface area contributed by atoms with Crippen LogP contribution in [0.4, 0.5) is 5.82 Å². The lowest BCUT2D eigenvalue weighted by molar-refractivity contribution is 0.378. The van der Waals surface area contributed by atoms with Crippen LogP contribution in [0.15, 0.2) is 17.1 Å². The molecule has 0 saturated heterocycles. The fourth-order valence-corrected chi connectivity index (χ4v) is 0.927. The molecule has 0 fully saturated rings. The van der Waals surface area contributed by atoms with Crippen molar-refractivity contribution in [2.45, 2.75) is 26.3 Å². The van der Waals surface area contributed by atoms with Crippen molar-refractivity contribution in [2.24, 2.45) is 0 Å². The van der Waals surface area contributed by atoms with E-state index in [0.717, 1.165) is 0 Å². The fraction of sp³-hybridized carbons (Fsp3) is 0.500. The summed E-state index contributed by atoms with van der Waals surface area (Å²) in [4.78, 5) is 14.9. The second-order valence-electron chi connectivity index (χ2n) is 3.68. The van der Waals surface area contributed by atoms with Crippen LogP contribution in [0.1, 0.15) is 20.8 Å². The van der Waals surface area contributed by atoms with E-state index < -0.39 is 0 Å². The van der Waals surface area contributed by atoms with E-state index in [9.17, 15) is 4.79 Å². The molecular formula is C8H13N3O. The number of anilines is 1. The van der Waals surface area contributed by atoms with E-state index in [1.807, 2.05) is 20.8 Å². The maximum absolute atomic E-state index is 11.3. The quantitative estimate of drug-likeness (QED) is 0.614. The normalized spacial score (nSPS) is 11.6. The van der Waals surface area contributed by atoms with E-state index in [2.05, 4.69) is 4.98 Å². The largest absolute Gasteiger partial charge is 0.383 e. The monoisotopic (exact) mass is 167 g/mol. The summed E-state index contributed by atoms with van der Waals surface area (Å²) in [6.45, 7) is 5.81. The van der Waals surface area contributed by atoms with Crippen molar-refractivity contribution in [3.05, 3.63) is 22.7 Å². The van der Waals surface area contributed by atoms with Crippen LogP contribution in [0.5, 0.6) is 0 Å². The second kappa shape index (κ2) is 2.62. The standard InChI is InChI=1S/C8H13N3O/c1-8(2,3)11-5-4-6(9)10-7(11)12/h4-5H,1-3H3,(H2,9,10,12). The lowest BCUT2D eigenvalue weighted by atomic mass is 10.1. The van der Waals surface area contributed by atoms with Crippen LogP contribution in [0.25, 0.3) is 0 Å². The van der Waals surface area contributed by atoms with Gasteiger partial charge in [0.2, 0.25) is 0 Å². The Kier molecular flexibility index (Phi) is 1.92. The van der Waals surface area contributed by atoms with Crippen LogP contribution >= 0.6 is 0 Å². The van der Waals surface area contributed by atoms with E-state index in [1.54, 1.807) is 16.8 Å². The van der Waals surface area contributed by atoms with E-state index in [4.69, 9.17) is 5.73 Å². The van der Waals surface area contributed by atoms with Crippen LogP contribution in [0.3, 0.4) is 0 Å². The van der Waals surface area contributed by atoms with Gasteiger partial charge >= 0.3 is 5.69 Å². The van der Waals surface area contributed by atoms with E-state index in [1.165, 1.54) is 0 Å². The maximum atomic E-state index is 11.3. The first-order valence-electron chi connectivity index (χ1n) is 3.77. The first kappa shape index (κ1) is 8.77. The van der Waals surface area contributed by atoms with Gasteiger partial charge in [0.25, 0.3) is 0 Å². The van der Waals surface area contributed by atoms with Crippen LogP contribution in [0.2, 0.25) is 0 Å². The zero-order valence-corrected chi connectivity index (χ0v) is 7.53. The third-order valence-electron chi connectivity index (χ3n) is 1.55. The van der Waals surface area contributed by atoms with Gasteiger partial charge in [-0.1, -0.05) is 0 Å². The summed E-state index contributed by atoms with van der Waals surface area (Å²) >= 11 is 0. The molecule has 1 rings (SSSR count). The highest BCUT2D eigenvalue weighted by Gasteiger charge is 2.14. The summed E-state index contributed by atoms with van der Waals surface area (Å²) in [5, 5.41) is 0. The van der Waals surface area contributed by atoms with Gasteiger partial charge in [0.05, 0.1) is 0 Å². The molecule has 12 heavy (non-hydrogen) atoms. The molecule has 0 saturated carbocycles. The molecule has 1 aromatic rings. The summed E-state index contributed by atoms with van der Waals surface area (Å²) in [5.41, 5.74) is 4.80. The van der Waals surface area contributed by atoms with Crippen LogP contribution < -0.4 is 11.4 Å². The zero-order valence-electron chi connectivity index (χ0n) is 7.53. The van der Waals surface area contributed by atoms with Crippen molar-refractivity contribution in [1.82, 2.24) is 9.55 Å². The molecule has 0 aliphatic carbocycles. The van der Waals surface area contributed by atoms with Gasteiger partial charge in [-0.25, -0.2) is 4.79 Å². The Morgan fingerprint density at radius 3 is 2.50 bits per heavy atom. The number of nitrogens with two attached hydrogens (primary N) is 1. The fourth-order valence-electron chi connectivity index (χ4n) is 0.927. The average molecular weight is 167 g/mol. The Balaban J connectivity index is 3.29. The van der Waals surface area contributed by atoms with Crippen molar-refractivity contribution in [2.75, 3.05) is 5.73 Å². The Bertz CT molecular complexity index is 335. The Hall–Kier alpha value is -1.32. The van der Waals surface area contributed by atoms with Gasteiger partial charge in [-0.15, -0.1) is 0 Å². The number of hydrogen-bond donors (Lipinski definition) is 1. The first-order chi connectivity index (χ1) is 5.41. The number of rotatable bonds is 0. The van der Waals surface area contributed by atoms with Crippen LogP contribution in [-0.4, -0.2) is 9.55 Å². The van der Waals surface area contributed by atoms with Crippen molar-refractivity contribution in [3.8, 4) is 0 Å². The SMILES string of the molecule is CC(C)(C)n1ccc(N)nc1=O. The third kappa shape index (κ3) is 1.64. The Labute approximate surface area is 71.0 Å². The molecule has 2 N–H and O–H groups in total. The van der Waals surface area contributed by atoms with Gasteiger partial charge in [0.15, 0.2) is 0 Å². The number of aromatic nitrogens is 2. The molecule has 0 aromatic carbocycles. The number of nitrogens with zero attached hydrogens (tertiary/aromatic N) is 2. The van der Waals surface area contributed by atoms with Gasteiger partial charge < -0.3 is 5.73 Å². The van der Waals surface area contributed by atoms with E-state index in [0.29, 0.717) is 0 Å².